The topological polar surface area (TPSA) is 55.4 Å². The maximum absolute atomic E-state index is 12.2. The van der Waals surface area contributed by atoms with Gasteiger partial charge in [-0.15, -0.1) is 0 Å². The van der Waals surface area contributed by atoms with Crippen molar-refractivity contribution in [1.82, 2.24) is 0 Å². The number of hydrogen-bond donors (Lipinski definition) is 1. The van der Waals surface area contributed by atoms with Crippen molar-refractivity contribution in [3.05, 3.63) is 77.4 Å². The first-order valence-electron chi connectivity index (χ1n) is 8.06. The Morgan fingerprint density at radius 2 is 1.68 bits per heavy atom. The largest absolute Gasteiger partial charge is 0.452 e. The van der Waals surface area contributed by atoms with Gasteiger partial charge in [-0.25, -0.2) is 4.79 Å². The van der Waals surface area contributed by atoms with Gasteiger partial charge in [0.25, 0.3) is 5.91 Å². The highest BCUT2D eigenvalue weighted by atomic mass is 16.5. The second kappa shape index (κ2) is 7.18. The zero-order valence-electron chi connectivity index (χ0n) is 14.2. The maximum atomic E-state index is 12.2. The van der Waals surface area contributed by atoms with E-state index in [9.17, 15) is 9.59 Å². The van der Waals surface area contributed by atoms with Crippen LogP contribution in [0.1, 0.15) is 21.5 Å². The summed E-state index contributed by atoms with van der Waals surface area (Å²) in [6.45, 7) is 3.59. The third-order valence-electron chi connectivity index (χ3n) is 4.20. The predicted molar refractivity (Wildman–Crippen MR) is 98.8 cm³/mol. The van der Waals surface area contributed by atoms with Gasteiger partial charge in [-0.3, -0.25) is 4.79 Å². The lowest BCUT2D eigenvalue weighted by Crippen LogP contribution is -2.21. The van der Waals surface area contributed by atoms with Gasteiger partial charge in [0, 0.05) is 5.69 Å². The minimum atomic E-state index is -0.512. The van der Waals surface area contributed by atoms with Gasteiger partial charge in [0.15, 0.2) is 6.61 Å². The Morgan fingerprint density at radius 1 is 0.920 bits per heavy atom. The standard InChI is InChI=1S/C21H19NO3/c1-14-6-5-9-19(15(14)2)22-20(23)13-25-21(24)18-11-10-16-7-3-4-8-17(16)12-18/h3-12H,13H2,1-2H3,(H,22,23). The highest BCUT2D eigenvalue weighted by molar-refractivity contribution is 5.98. The summed E-state index contributed by atoms with van der Waals surface area (Å²) < 4.78 is 5.13. The Balaban J connectivity index is 1.63. The molecule has 0 saturated heterocycles. The van der Waals surface area contributed by atoms with E-state index < -0.39 is 5.97 Å². The van der Waals surface area contributed by atoms with Crippen LogP contribution in [-0.2, 0) is 9.53 Å². The lowest BCUT2D eigenvalue weighted by molar-refractivity contribution is -0.119. The number of ether oxygens (including phenoxy) is 1. The van der Waals surface area contributed by atoms with Crippen molar-refractivity contribution >= 4 is 28.3 Å². The first-order chi connectivity index (χ1) is 12.0. The molecule has 1 amide bonds. The molecule has 126 valence electrons. The molecule has 3 aromatic rings. The molecule has 0 spiro atoms. The monoisotopic (exact) mass is 333 g/mol. The van der Waals surface area contributed by atoms with E-state index in [-0.39, 0.29) is 12.5 Å². The summed E-state index contributed by atoms with van der Waals surface area (Å²) in [5.41, 5.74) is 3.24. The summed E-state index contributed by atoms with van der Waals surface area (Å²) in [4.78, 5) is 24.2. The molecule has 0 radical (unpaired) electrons. The van der Waals surface area contributed by atoms with Gasteiger partial charge in [0.05, 0.1) is 5.56 Å². The highest BCUT2D eigenvalue weighted by Crippen LogP contribution is 2.18. The van der Waals surface area contributed by atoms with E-state index in [0.717, 1.165) is 27.6 Å². The molecule has 4 heteroatoms. The molecule has 0 aromatic heterocycles. The van der Waals surface area contributed by atoms with Crippen LogP contribution < -0.4 is 5.32 Å². The van der Waals surface area contributed by atoms with Crippen LogP contribution in [0.25, 0.3) is 10.8 Å². The number of amides is 1. The Bertz CT molecular complexity index is 947. The van der Waals surface area contributed by atoms with Gasteiger partial charge in [-0.1, -0.05) is 42.5 Å². The van der Waals surface area contributed by atoms with E-state index in [0.29, 0.717) is 5.56 Å². The number of carbonyl (C=O) groups excluding carboxylic acids is 2. The number of rotatable bonds is 4. The molecule has 0 heterocycles. The zero-order valence-corrected chi connectivity index (χ0v) is 14.2. The van der Waals surface area contributed by atoms with Gasteiger partial charge in [-0.05, 0) is 53.9 Å². The zero-order chi connectivity index (χ0) is 17.8. The normalized spacial score (nSPS) is 10.5. The summed E-state index contributed by atoms with van der Waals surface area (Å²) in [6, 6.07) is 18.8. The van der Waals surface area contributed by atoms with Crippen molar-refractivity contribution in [2.45, 2.75) is 13.8 Å². The smallest absolute Gasteiger partial charge is 0.338 e. The Labute approximate surface area is 146 Å². The van der Waals surface area contributed by atoms with Gasteiger partial charge >= 0.3 is 5.97 Å². The lowest BCUT2D eigenvalue weighted by atomic mass is 10.1. The average Bonchev–Trinajstić information content (AvgIpc) is 2.63. The first-order valence-corrected chi connectivity index (χ1v) is 8.06. The molecule has 0 aliphatic carbocycles. The van der Waals surface area contributed by atoms with Crippen molar-refractivity contribution in [2.24, 2.45) is 0 Å². The number of esters is 1. The number of benzene rings is 3. The van der Waals surface area contributed by atoms with Crippen LogP contribution in [0.2, 0.25) is 0 Å². The first kappa shape index (κ1) is 16.7. The summed E-state index contributed by atoms with van der Waals surface area (Å²) in [5, 5.41) is 4.77. The second-order valence-electron chi connectivity index (χ2n) is 5.93. The van der Waals surface area contributed by atoms with Crippen LogP contribution in [0.5, 0.6) is 0 Å². The SMILES string of the molecule is Cc1cccc(NC(=O)COC(=O)c2ccc3ccccc3c2)c1C. The van der Waals surface area contributed by atoms with E-state index in [1.165, 1.54) is 0 Å². The molecule has 4 nitrogen and oxygen atoms in total. The molecule has 3 aromatic carbocycles. The minimum absolute atomic E-state index is 0.320. The number of hydrogen-bond acceptors (Lipinski definition) is 3. The molecule has 3 rings (SSSR count). The predicted octanol–water partition coefficient (Wildman–Crippen LogP) is 4.25. The molecule has 0 unspecified atom stereocenters. The van der Waals surface area contributed by atoms with Crippen LogP contribution >= 0.6 is 0 Å². The van der Waals surface area contributed by atoms with Gasteiger partial charge in [-0.2, -0.15) is 0 Å². The van der Waals surface area contributed by atoms with Crippen molar-refractivity contribution in [3.8, 4) is 0 Å². The van der Waals surface area contributed by atoms with Gasteiger partial charge in [0.1, 0.15) is 0 Å². The van der Waals surface area contributed by atoms with Crippen LogP contribution in [-0.4, -0.2) is 18.5 Å². The molecular weight excluding hydrogens is 314 g/mol. The molecule has 0 fully saturated rings. The van der Waals surface area contributed by atoms with E-state index in [1.807, 2.05) is 62.4 Å². The quantitative estimate of drug-likeness (QED) is 0.726. The fraction of sp³-hybridized carbons (Fsp3) is 0.143. The third kappa shape index (κ3) is 3.86. The Kier molecular flexibility index (Phi) is 4.80. The van der Waals surface area contributed by atoms with Crippen molar-refractivity contribution in [1.29, 1.82) is 0 Å². The van der Waals surface area contributed by atoms with E-state index >= 15 is 0 Å². The Morgan fingerprint density at radius 3 is 2.48 bits per heavy atom. The van der Waals surface area contributed by atoms with Crippen molar-refractivity contribution < 1.29 is 14.3 Å². The number of carbonyl (C=O) groups is 2. The third-order valence-corrected chi connectivity index (χ3v) is 4.20. The maximum Gasteiger partial charge on any atom is 0.338 e. The number of anilines is 1. The lowest BCUT2D eigenvalue weighted by Gasteiger charge is -2.10. The van der Waals surface area contributed by atoms with Crippen molar-refractivity contribution in [2.75, 3.05) is 11.9 Å². The minimum Gasteiger partial charge on any atom is -0.452 e. The average molecular weight is 333 g/mol. The molecule has 0 atom stereocenters. The number of fused-ring (bicyclic) bond motifs is 1. The summed E-state index contributed by atoms with van der Waals surface area (Å²) >= 11 is 0. The van der Waals surface area contributed by atoms with Gasteiger partial charge < -0.3 is 10.1 Å². The highest BCUT2D eigenvalue weighted by Gasteiger charge is 2.12. The molecule has 1 N–H and O–H groups in total. The molecule has 0 bridgehead atoms. The van der Waals surface area contributed by atoms with Gasteiger partial charge in [0.2, 0.25) is 0 Å². The molecule has 0 aliphatic rings. The molecule has 0 aliphatic heterocycles. The number of nitrogens with one attached hydrogen (secondary N) is 1. The van der Waals surface area contributed by atoms with Crippen LogP contribution in [0, 0.1) is 13.8 Å². The molecule has 25 heavy (non-hydrogen) atoms. The molecule has 0 saturated carbocycles. The van der Waals surface area contributed by atoms with E-state index in [1.54, 1.807) is 12.1 Å². The summed E-state index contributed by atoms with van der Waals surface area (Å²) in [6.07, 6.45) is 0. The number of aryl methyl sites for hydroxylation is 1. The van der Waals surface area contributed by atoms with Crippen LogP contribution in [0.4, 0.5) is 5.69 Å². The van der Waals surface area contributed by atoms with E-state index in [2.05, 4.69) is 5.32 Å². The fourth-order valence-electron chi connectivity index (χ4n) is 2.60. The van der Waals surface area contributed by atoms with Crippen LogP contribution in [0.15, 0.2) is 60.7 Å². The second-order valence-corrected chi connectivity index (χ2v) is 5.93. The fourth-order valence-corrected chi connectivity index (χ4v) is 2.60. The van der Waals surface area contributed by atoms with E-state index in [4.69, 9.17) is 4.74 Å². The van der Waals surface area contributed by atoms with Crippen molar-refractivity contribution in [3.63, 3.8) is 0 Å². The molecular formula is C21H19NO3. The summed E-state index contributed by atoms with van der Waals surface area (Å²) in [5.74, 6) is -0.871. The van der Waals surface area contributed by atoms with Crippen LogP contribution in [0.3, 0.4) is 0 Å². The summed E-state index contributed by atoms with van der Waals surface area (Å²) in [7, 11) is 0. The Hall–Kier alpha value is -3.14.